The maximum absolute atomic E-state index is 12.1. The first-order valence-corrected chi connectivity index (χ1v) is 8.79. The quantitative estimate of drug-likeness (QED) is 0.642. The van der Waals surface area contributed by atoms with E-state index in [1.54, 1.807) is 12.1 Å². The number of nitrogens with one attached hydrogen (secondary N) is 1. The van der Waals surface area contributed by atoms with Crippen molar-refractivity contribution in [1.29, 1.82) is 0 Å². The molecule has 0 spiro atoms. The van der Waals surface area contributed by atoms with Gasteiger partial charge in [0.1, 0.15) is 5.75 Å². The van der Waals surface area contributed by atoms with Crippen LogP contribution in [0.1, 0.15) is 17.5 Å². The fourth-order valence-corrected chi connectivity index (χ4v) is 2.84. The van der Waals surface area contributed by atoms with Gasteiger partial charge >= 0.3 is 5.97 Å². The van der Waals surface area contributed by atoms with Crippen molar-refractivity contribution in [3.8, 4) is 5.75 Å². The Hall–Kier alpha value is -3.34. The molecule has 0 aliphatic heterocycles. The van der Waals surface area contributed by atoms with Crippen LogP contribution >= 0.6 is 0 Å². The Balaban J connectivity index is 1.49. The standard InChI is InChI=1S/C22H21NO4/c24-21(15-27-19-11-8-16(9-12-19)10-13-22(25)26)23-14-18-6-3-5-17-4-1-2-7-20(17)18/h1-9,11-12H,10,13-15H2,(H,23,24)(H,25,26). The summed E-state index contributed by atoms with van der Waals surface area (Å²) < 4.78 is 5.50. The zero-order chi connectivity index (χ0) is 19.1. The van der Waals surface area contributed by atoms with Crippen LogP contribution < -0.4 is 10.1 Å². The molecule has 3 rings (SSSR count). The van der Waals surface area contributed by atoms with E-state index in [-0.39, 0.29) is 18.9 Å². The van der Waals surface area contributed by atoms with Crippen molar-refractivity contribution in [1.82, 2.24) is 5.32 Å². The zero-order valence-electron chi connectivity index (χ0n) is 14.9. The number of carbonyl (C=O) groups is 2. The van der Waals surface area contributed by atoms with Crippen molar-refractivity contribution in [2.75, 3.05) is 6.61 Å². The summed E-state index contributed by atoms with van der Waals surface area (Å²) in [5.41, 5.74) is 1.98. The first-order valence-electron chi connectivity index (χ1n) is 8.79. The van der Waals surface area contributed by atoms with Crippen LogP contribution in [-0.2, 0) is 22.6 Å². The van der Waals surface area contributed by atoms with E-state index in [1.807, 2.05) is 54.6 Å². The van der Waals surface area contributed by atoms with E-state index in [0.29, 0.717) is 18.7 Å². The maximum Gasteiger partial charge on any atom is 0.303 e. The molecule has 27 heavy (non-hydrogen) atoms. The molecule has 0 fully saturated rings. The zero-order valence-corrected chi connectivity index (χ0v) is 14.9. The lowest BCUT2D eigenvalue weighted by atomic mass is 10.0. The van der Waals surface area contributed by atoms with Crippen LogP contribution in [0.4, 0.5) is 0 Å². The summed E-state index contributed by atoms with van der Waals surface area (Å²) in [7, 11) is 0. The molecule has 2 N–H and O–H groups in total. The van der Waals surface area contributed by atoms with Gasteiger partial charge in [0.25, 0.3) is 5.91 Å². The second-order valence-corrected chi connectivity index (χ2v) is 6.24. The van der Waals surface area contributed by atoms with Crippen molar-refractivity contribution >= 4 is 22.6 Å². The van der Waals surface area contributed by atoms with Crippen LogP contribution in [0.2, 0.25) is 0 Å². The summed E-state index contributed by atoms with van der Waals surface area (Å²) >= 11 is 0. The number of carboxylic acid groups (broad SMARTS) is 1. The number of hydrogen-bond acceptors (Lipinski definition) is 3. The van der Waals surface area contributed by atoms with E-state index in [0.717, 1.165) is 21.9 Å². The molecule has 0 bridgehead atoms. The second kappa shape index (κ2) is 8.85. The fourth-order valence-electron chi connectivity index (χ4n) is 2.84. The summed E-state index contributed by atoms with van der Waals surface area (Å²) in [5, 5.41) is 13.8. The van der Waals surface area contributed by atoms with Crippen molar-refractivity contribution in [3.63, 3.8) is 0 Å². The number of rotatable bonds is 8. The Morgan fingerprint density at radius 1 is 0.926 bits per heavy atom. The Morgan fingerprint density at radius 2 is 1.67 bits per heavy atom. The van der Waals surface area contributed by atoms with Crippen molar-refractivity contribution in [2.45, 2.75) is 19.4 Å². The third kappa shape index (κ3) is 5.31. The summed E-state index contributed by atoms with van der Waals surface area (Å²) in [6.45, 7) is 0.372. The average Bonchev–Trinajstić information content (AvgIpc) is 2.69. The lowest BCUT2D eigenvalue weighted by Crippen LogP contribution is -2.28. The molecular formula is C22H21NO4. The fraction of sp³-hybridized carbons (Fsp3) is 0.182. The molecule has 0 aliphatic rings. The maximum atomic E-state index is 12.1. The molecule has 0 atom stereocenters. The molecule has 0 radical (unpaired) electrons. The molecule has 0 saturated heterocycles. The SMILES string of the molecule is O=C(O)CCc1ccc(OCC(=O)NCc2cccc3ccccc23)cc1. The number of aryl methyl sites for hydroxylation is 1. The molecule has 138 valence electrons. The molecular weight excluding hydrogens is 342 g/mol. The van der Waals surface area contributed by atoms with E-state index >= 15 is 0 Å². The molecule has 1 amide bonds. The topological polar surface area (TPSA) is 75.6 Å². The lowest BCUT2D eigenvalue weighted by Gasteiger charge is -2.10. The minimum atomic E-state index is -0.821. The number of amides is 1. The van der Waals surface area contributed by atoms with Gasteiger partial charge in [-0.3, -0.25) is 9.59 Å². The van der Waals surface area contributed by atoms with Crippen molar-refractivity contribution in [3.05, 3.63) is 77.9 Å². The monoisotopic (exact) mass is 363 g/mol. The van der Waals surface area contributed by atoms with Crippen LogP contribution in [0.15, 0.2) is 66.7 Å². The summed E-state index contributed by atoms with van der Waals surface area (Å²) in [4.78, 5) is 22.7. The van der Waals surface area contributed by atoms with E-state index in [1.165, 1.54) is 0 Å². The number of ether oxygens (including phenoxy) is 1. The molecule has 0 aromatic heterocycles. The first kappa shape index (κ1) is 18.5. The molecule has 0 aliphatic carbocycles. The van der Waals surface area contributed by atoms with Gasteiger partial charge in [0.2, 0.25) is 0 Å². The highest BCUT2D eigenvalue weighted by atomic mass is 16.5. The van der Waals surface area contributed by atoms with E-state index in [4.69, 9.17) is 9.84 Å². The van der Waals surface area contributed by atoms with Gasteiger partial charge in [-0.2, -0.15) is 0 Å². The minimum Gasteiger partial charge on any atom is -0.484 e. The van der Waals surface area contributed by atoms with Crippen LogP contribution in [0.25, 0.3) is 10.8 Å². The second-order valence-electron chi connectivity index (χ2n) is 6.24. The van der Waals surface area contributed by atoms with Crippen LogP contribution in [-0.4, -0.2) is 23.6 Å². The number of aliphatic carboxylic acids is 1. The van der Waals surface area contributed by atoms with E-state index in [2.05, 4.69) is 5.32 Å². The number of fused-ring (bicyclic) bond motifs is 1. The minimum absolute atomic E-state index is 0.0702. The predicted octanol–water partition coefficient (Wildman–Crippen LogP) is 3.55. The highest BCUT2D eigenvalue weighted by molar-refractivity contribution is 5.86. The van der Waals surface area contributed by atoms with Crippen molar-refractivity contribution < 1.29 is 19.4 Å². The Kier molecular flexibility index (Phi) is 6.05. The molecule has 0 heterocycles. The molecule has 0 saturated carbocycles. The van der Waals surface area contributed by atoms with Gasteiger partial charge in [-0.05, 0) is 40.5 Å². The molecule has 3 aromatic rings. The van der Waals surface area contributed by atoms with Gasteiger partial charge in [0, 0.05) is 13.0 Å². The van der Waals surface area contributed by atoms with Crippen LogP contribution in [0.3, 0.4) is 0 Å². The normalized spacial score (nSPS) is 10.5. The smallest absolute Gasteiger partial charge is 0.303 e. The number of carboxylic acids is 1. The van der Waals surface area contributed by atoms with E-state index in [9.17, 15) is 9.59 Å². The number of hydrogen-bond donors (Lipinski definition) is 2. The van der Waals surface area contributed by atoms with Gasteiger partial charge in [0.15, 0.2) is 6.61 Å². The molecule has 5 heteroatoms. The number of carbonyl (C=O) groups excluding carboxylic acids is 1. The summed E-state index contributed by atoms with van der Waals surface area (Å²) in [6, 6.07) is 21.2. The Labute approximate surface area is 157 Å². The molecule has 3 aromatic carbocycles. The van der Waals surface area contributed by atoms with Gasteiger partial charge in [-0.15, -0.1) is 0 Å². The predicted molar refractivity (Wildman–Crippen MR) is 104 cm³/mol. The van der Waals surface area contributed by atoms with Crippen LogP contribution in [0.5, 0.6) is 5.75 Å². The first-order chi connectivity index (χ1) is 13.1. The highest BCUT2D eigenvalue weighted by Gasteiger charge is 2.06. The van der Waals surface area contributed by atoms with Gasteiger partial charge < -0.3 is 15.2 Å². The van der Waals surface area contributed by atoms with Crippen LogP contribution in [0, 0.1) is 0 Å². The lowest BCUT2D eigenvalue weighted by molar-refractivity contribution is -0.137. The van der Waals surface area contributed by atoms with Gasteiger partial charge in [0.05, 0.1) is 0 Å². The van der Waals surface area contributed by atoms with Crippen molar-refractivity contribution in [2.24, 2.45) is 0 Å². The number of benzene rings is 3. The Morgan fingerprint density at radius 3 is 2.44 bits per heavy atom. The summed E-state index contributed by atoms with van der Waals surface area (Å²) in [5.74, 6) is -0.439. The van der Waals surface area contributed by atoms with Gasteiger partial charge in [-0.25, -0.2) is 0 Å². The van der Waals surface area contributed by atoms with Gasteiger partial charge in [-0.1, -0.05) is 54.6 Å². The third-order valence-corrected chi connectivity index (χ3v) is 4.28. The summed E-state index contributed by atoms with van der Waals surface area (Å²) in [6.07, 6.45) is 0.567. The largest absolute Gasteiger partial charge is 0.484 e. The third-order valence-electron chi connectivity index (χ3n) is 4.28. The molecule has 0 unspecified atom stereocenters. The highest BCUT2D eigenvalue weighted by Crippen LogP contribution is 2.18. The van der Waals surface area contributed by atoms with E-state index < -0.39 is 5.97 Å². The average molecular weight is 363 g/mol. The Bertz CT molecular complexity index is 929. The molecule has 5 nitrogen and oxygen atoms in total.